The lowest BCUT2D eigenvalue weighted by Gasteiger charge is -2.11. The van der Waals surface area contributed by atoms with Crippen molar-refractivity contribution in [2.75, 3.05) is 6.54 Å². The molecule has 1 heterocycles. The molecular weight excluding hydrogens is 320 g/mol. The van der Waals surface area contributed by atoms with Crippen LogP contribution in [0.2, 0.25) is 0 Å². The van der Waals surface area contributed by atoms with Gasteiger partial charge in [-0.2, -0.15) is 0 Å². The molecule has 0 saturated carbocycles. The van der Waals surface area contributed by atoms with E-state index in [1.165, 1.54) is 12.1 Å². The highest BCUT2D eigenvalue weighted by Gasteiger charge is 2.23. The number of hydrogen-bond acceptors (Lipinski definition) is 2. The molecule has 0 radical (unpaired) electrons. The van der Waals surface area contributed by atoms with Crippen LogP contribution in [0, 0.1) is 0 Å². The lowest BCUT2D eigenvalue weighted by Crippen LogP contribution is -2.11. The molecule has 1 aromatic heterocycles. The van der Waals surface area contributed by atoms with E-state index in [0.717, 1.165) is 47.7 Å². The molecule has 0 amide bonds. The van der Waals surface area contributed by atoms with E-state index in [4.69, 9.17) is 4.42 Å². The molecule has 3 rings (SSSR count). The van der Waals surface area contributed by atoms with E-state index in [0.29, 0.717) is 5.76 Å². The Hall–Kier alpha value is -2.62. The molecule has 0 aliphatic carbocycles. The predicted octanol–water partition coefficient (Wildman–Crippen LogP) is 6.18. The molecule has 0 atom stereocenters. The summed E-state index contributed by atoms with van der Waals surface area (Å²) in [5.74, 6) is -2.12. The lowest BCUT2D eigenvalue weighted by molar-refractivity contribution is 0.0175. The monoisotopic (exact) mass is 341 g/mol. The van der Waals surface area contributed by atoms with Gasteiger partial charge in [-0.1, -0.05) is 43.8 Å². The van der Waals surface area contributed by atoms with Crippen molar-refractivity contribution < 1.29 is 13.2 Å². The van der Waals surface area contributed by atoms with Crippen LogP contribution in [0.15, 0.2) is 59.5 Å². The molecule has 0 unspecified atom stereocenters. The second-order valence-corrected chi connectivity index (χ2v) is 6.23. The number of nitrogens with one attached hydrogen (secondary N) is 1. The minimum atomic E-state index is -2.83. The van der Waals surface area contributed by atoms with E-state index in [2.05, 4.69) is 18.8 Å². The molecule has 130 valence electrons. The number of fused-ring (bicyclic) bond motifs is 1. The van der Waals surface area contributed by atoms with Gasteiger partial charge in [0, 0.05) is 24.4 Å². The minimum absolute atomic E-state index is 0.0150. The van der Waals surface area contributed by atoms with Crippen molar-refractivity contribution in [2.24, 2.45) is 0 Å². The number of rotatable bonds is 6. The van der Waals surface area contributed by atoms with Crippen molar-refractivity contribution in [2.45, 2.75) is 26.2 Å². The van der Waals surface area contributed by atoms with Crippen molar-refractivity contribution in [3.8, 4) is 11.1 Å². The van der Waals surface area contributed by atoms with Crippen LogP contribution in [0.1, 0.15) is 31.6 Å². The quantitative estimate of drug-likeness (QED) is 0.579. The standard InChI is InChI=1S/C21H21F2NO/c1-4-11-24-14(2)20-13-17-12-16(7-10-19(17)25-20)15-5-8-18(9-6-15)21(3,22)23/h5-10,12-13,24H,2,4,11H2,1,3H3. The molecule has 0 fully saturated rings. The summed E-state index contributed by atoms with van der Waals surface area (Å²) in [6, 6.07) is 14.1. The average Bonchev–Trinajstić information content (AvgIpc) is 3.02. The van der Waals surface area contributed by atoms with Crippen LogP contribution in [0.3, 0.4) is 0 Å². The summed E-state index contributed by atoms with van der Waals surface area (Å²) in [6.07, 6.45) is 1.01. The van der Waals surface area contributed by atoms with Crippen molar-refractivity contribution in [3.05, 3.63) is 66.4 Å². The van der Waals surface area contributed by atoms with Crippen LogP contribution in [0.25, 0.3) is 27.8 Å². The number of furan rings is 1. The van der Waals surface area contributed by atoms with E-state index in [-0.39, 0.29) is 5.56 Å². The highest BCUT2D eigenvalue weighted by molar-refractivity contribution is 5.86. The molecule has 0 spiro atoms. The van der Waals surface area contributed by atoms with Gasteiger partial charge in [-0.05, 0) is 35.7 Å². The third-order valence-electron chi connectivity index (χ3n) is 4.13. The zero-order valence-electron chi connectivity index (χ0n) is 14.4. The topological polar surface area (TPSA) is 25.2 Å². The average molecular weight is 341 g/mol. The van der Waals surface area contributed by atoms with Crippen LogP contribution < -0.4 is 5.32 Å². The number of hydrogen-bond donors (Lipinski definition) is 1. The maximum Gasteiger partial charge on any atom is 0.270 e. The third-order valence-corrected chi connectivity index (χ3v) is 4.13. The van der Waals surface area contributed by atoms with Gasteiger partial charge in [0.1, 0.15) is 5.58 Å². The molecule has 2 aromatic carbocycles. The van der Waals surface area contributed by atoms with Crippen molar-refractivity contribution in [1.29, 1.82) is 0 Å². The second kappa shape index (κ2) is 6.71. The molecule has 1 N–H and O–H groups in total. The van der Waals surface area contributed by atoms with Crippen LogP contribution in [0.4, 0.5) is 8.78 Å². The fraction of sp³-hybridized carbons (Fsp3) is 0.238. The van der Waals surface area contributed by atoms with Gasteiger partial charge in [0.15, 0.2) is 5.76 Å². The Morgan fingerprint density at radius 2 is 1.76 bits per heavy atom. The van der Waals surface area contributed by atoms with Gasteiger partial charge in [-0.15, -0.1) is 0 Å². The zero-order valence-corrected chi connectivity index (χ0v) is 14.4. The Kier molecular flexibility index (Phi) is 4.62. The normalized spacial score (nSPS) is 11.7. The number of alkyl halides is 2. The van der Waals surface area contributed by atoms with Crippen LogP contribution in [-0.2, 0) is 5.92 Å². The van der Waals surface area contributed by atoms with E-state index >= 15 is 0 Å². The Labute approximate surface area is 146 Å². The van der Waals surface area contributed by atoms with Crippen LogP contribution in [0.5, 0.6) is 0 Å². The van der Waals surface area contributed by atoms with E-state index in [1.807, 2.05) is 24.3 Å². The second-order valence-electron chi connectivity index (χ2n) is 6.23. The van der Waals surface area contributed by atoms with Gasteiger partial charge < -0.3 is 9.73 Å². The Balaban J connectivity index is 1.89. The molecule has 25 heavy (non-hydrogen) atoms. The fourth-order valence-corrected chi connectivity index (χ4v) is 2.69. The Morgan fingerprint density at radius 3 is 2.40 bits per heavy atom. The molecule has 0 bridgehead atoms. The SMILES string of the molecule is C=C(NCCC)c1cc2cc(-c3ccc(C(C)(F)F)cc3)ccc2o1. The van der Waals surface area contributed by atoms with Crippen LogP contribution >= 0.6 is 0 Å². The first kappa shape index (κ1) is 17.2. The molecule has 3 aromatic rings. The summed E-state index contributed by atoms with van der Waals surface area (Å²) in [5, 5.41) is 4.17. The highest BCUT2D eigenvalue weighted by Crippen LogP contribution is 2.31. The predicted molar refractivity (Wildman–Crippen MR) is 98.5 cm³/mol. The van der Waals surface area contributed by atoms with Gasteiger partial charge in [0.25, 0.3) is 5.92 Å². The maximum atomic E-state index is 13.3. The first-order valence-corrected chi connectivity index (χ1v) is 8.34. The number of halogens is 2. The largest absolute Gasteiger partial charge is 0.455 e. The summed E-state index contributed by atoms with van der Waals surface area (Å²) in [7, 11) is 0. The van der Waals surface area contributed by atoms with Crippen molar-refractivity contribution in [1.82, 2.24) is 5.32 Å². The molecule has 2 nitrogen and oxygen atoms in total. The van der Waals surface area contributed by atoms with Crippen molar-refractivity contribution >= 4 is 16.7 Å². The summed E-state index contributed by atoms with van der Waals surface area (Å²) < 4.78 is 32.5. The van der Waals surface area contributed by atoms with Gasteiger partial charge in [0.2, 0.25) is 0 Å². The molecule has 4 heteroatoms. The Morgan fingerprint density at radius 1 is 1.08 bits per heavy atom. The first-order valence-electron chi connectivity index (χ1n) is 8.34. The summed E-state index contributed by atoms with van der Waals surface area (Å²) >= 11 is 0. The first-order chi connectivity index (χ1) is 11.9. The summed E-state index contributed by atoms with van der Waals surface area (Å²) in [6.45, 7) is 7.83. The minimum Gasteiger partial charge on any atom is -0.455 e. The lowest BCUT2D eigenvalue weighted by atomic mass is 10.0. The zero-order chi connectivity index (χ0) is 18.0. The fourth-order valence-electron chi connectivity index (χ4n) is 2.69. The highest BCUT2D eigenvalue weighted by atomic mass is 19.3. The molecule has 0 saturated heterocycles. The third kappa shape index (κ3) is 3.73. The van der Waals surface area contributed by atoms with E-state index in [1.54, 1.807) is 12.1 Å². The van der Waals surface area contributed by atoms with Gasteiger partial charge in [-0.3, -0.25) is 0 Å². The summed E-state index contributed by atoms with van der Waals surface area (Å²) in [4.78, 5) is 0. The van der Waals surface area contributed by atoms with Crippen molar-refractivity contribution in [3.63, 3.8) is 0 Å². The van der Waals surface area contributed by atoms with E-state index in [9.17, 15) is 8.78 Å². The van der Waals surface area contributed by atoms with Gasteiger partial charge >= 0.3 is 0 Å². The Bertz CT molecular complexity index is 888. The van der Waals surface area contributed by atoms with Crippen LogP contribution in [-0.4, -0.2) is 6.54 Å². The number of benzene rings is 2. The summed E-state index contributed by atoms with van der Waals surface area (Å²) in [5.41, 5.74) is 3.39. The molecule has 0 aliphatic heterocycles. The maximum absolute atomic E-state index is 13.3. The van der Waals surface area contributed by atoms with Gasteiger partial charge in [0.05, 0.1) is 5.70 Å². The smallest absolute Gasteiger partial charge is 0.270 e. The molecular formula is C21H21F2NO. The van der Waals surface area contributed by atoms with Gasteiger partial charge in [-0.25, -0.2) is 8.78 Å². The molecule has 0 aliphatic rings. The van der Waals surface area contributed by atoms with E-state index < -0.39 is 5.92 Å².